The van der Waals surface area contributed by atoms with Crippen LogP contribution in [0.5, 0.6) is 0 Å². The summed E-state index contributed by atoms with van der Waals surface area (Å²) >= 11 is 3.63. The van der Waals surface area contributed by atoms with Gasteiger partial charge in [0.05, 0.1) is 5.56 Å². The molecule has 1 amide bonds. The summed E-state index contributed by atoms with van der Waals surface area (Å²) in [7, 11) is 0. The van der Waals surface area contributed by atoms with Crippen LogP contribution in [0.15, 0.2) is 77.3 Å². The average molecular weight is 393 g/mol. The van der Waals surface area contributed by atoms with Crippen LogP contribution in [0.25, 0.3) is 0 Å². The van der Waals surface area contributed by atoms with Crippen LogP contribution in [-0.4, -0.2) is 5.91 Å². The molecule has 1 N–H and O–H groups in total. The molecule has 0 spiro atoms. The molecular weight excluding hydrogens is 376 g/mol. The van der Waals surface area contributed by atoms with Gasteiger partial charge in [0.1, 0.15) is 6.17 Å². The molecule has 0 saturated heterocycles. The molecule has 0 radical (unpaired) electrons. The molecular formula is C21H17BrN2O. The predicted molar refractivity (Wildman–Crippen MR) is 105 cm³/mol. The van der Waals surface area contributed by atoms with E-state index in [2.05, 4.69) is 21.2 Å². The maximum atomic E-state index is 13.3. The highest BCUT2D eigenvalue weighted by atomic mass is 79.9. The molecule has 1 aliphatic rings. The molecule has 3 aromatic rings. The van der Waals surface area contributed by atoms with Crippen LogP contribution in [0.3, 0.4) is 0 Å². The van der Waals surface area contributed by atoms with Crippen molar-refractivity contribution in [1.29, 1.82) is 0 Å². The van der Waals surface area contributed by atoms with Crippen molar-refractivity contribution in [2.24, 2.45) is 0 Å². The van der Waals surface area contributed by atoms with Crippen molar-refractivity contribution in [3.8, 4) is 0 Å². The van der Waals surface area contributed by atoms with Gasteiger partial charge in [-0.3, -0.25) is 9.69 Å². The normalized spacial score (nSPS) is 16.3. The second-order valence-electron chi connectivity index (χ2n) is 6.08. The number of benzene rings is 3. The van der Waals surface area contributed by atoms with Gasteiger partial charge in [-0.1, -0.05) is 64.5 Å². The van der Waals surface area contributed by atoms with Crippen LogP contribution >= 0.6 is 15.9 Å². The number of hydrogen-bond donors (Lipinski definition) is 1. The number of nitrogens with one attached hydrogen (secondary N) is 1. The first-order valence-corrected chi connectivity index (χ1v) is 8.95. The number of carbonyl (C=O) groups excluding carboxylic acids is 1. The van der Waals surface area contributed by atoms with Gasteiger partial charge < -0.3 is 5.32 Å². The van der Waals surface area contributed by atoms with E-state index < -0.39 is 0 Å². The Morgan fingerprint density at radius 3 is 2.40 bits per heavy atom. The van der Waals surface area contributed by atoms with Gasteiger partial charge >= 0.3 is 0 Å². The minimum atomic E-state index is -0.279. The largest absolute Gasteiger partial charge is 0.360 e. The van der Waals surface area contributed by atoms with Crippen LogP contribution in [0.2, 0.25) is 0 Å². The van der Waals surface area contributed by atoms with E-state index in [1.54, 1.807) is 0 Å². The molecule has 0 aliphatic carbocycles. The highest BCUT2D eigenvalue weighted by Gasteiger charge is 2.35. The van der Waals surface area contributed by atoms with E-state index in [0.29, 0.717) is 5.56 Å². The molecule has 4 heteroatoms. The molecule has 124 valence electrons. The predicted octanol–water partition coefficient (Wildman–Crippen LogP) is 5.53. The van der Waals surface area contributed by atoms with Crippen LogP contribution in [0, 0.1) is 6.92 Å². The first kappa shape index (κ1) is 15.9. The number of amides is 1. The van der Waals surface area contributed by atoms with Crippen molar-refractivity contribution in [1.82, 2.24) is 0 Å². The lowest BCUT2D eigenvalue weighted by Crippen LogP contribution is -2.43. The summed E-state index contributed by atoms with van der Waals surface area (Å²) in [6.07, 6.45) is -0.279. The Balaban J connectivity index is 1.92. The van der Waals surface area contributed by atoms with E-state index >= 15 is 0 Å². The molecule has 4 rings (SSSR count). The Morgan fingerprint density at radius 2 is 1.60 bits per heavy atom. The Bertz CT molecular complexity index is 954. The standard InChI is InChI=1S/C21H17BrN2O/c1-14-8-2-7-13-19(14)24-20(15-9-3-5-11-17(15)22)23-18-12-6-4-10-16(18)21(24)25/h2-13,20,23H,1H3/t20-/m0/s1. The number of rotatable bonds is 2. The number of carbonyl (C=O) groups is 1. The molecule has 0 saturated carbocycles. The minimum absolute atomic E-state index is 0.00408. The summed E-state index contributed by atoms with van der Waals surface area (Å²) in [6.45, 7) is 2.03. The summed E-state index contributed by atoms with van der Waals surface area (Å²) in [5.74, 6) is 0.00408. The smallest absolute Gasteiger partial charge is 0.262 e. The number of anilines is 2. The van der Waals surface area contributed by atoms with E-state index in [0.717, 1.165) is 27.0 Å². The maximum absolute atomic E-state index is 13.3. The van der Waals surface area contributed by atoms with E-state index in [-0.39, 0.29) is 12.1 Å². The van der Waals surface area contributed by atoms with Crippen molar-refractivity contribution in [3.63, 3.8) is 0 Å². The van der Waals surface area contributed by atoms with Crippen molar-refractivity contribution in [2.45, 2.75) is 13.1 Å². The second-order valence-corrected chi connectivity index (χ2v) is 6.93. The summed E-state index contributed by atoms with van der Waals surface area (Å²) in [6, 6.07) is 23.6. The lowest BCUT2D eigenvalue weighted by molar-refractivity contribution is 0.0974. The second kappa shape index (κ2) is 6.37. The molecule has 3 nitrogen and oxygen atoms in total. The number of nitrogens with zero attached hydrogens (tertiary/aromatic N) is 1. The molecule has 1 heterocycles. The Kier molecular flexibility index (Phi) is 4.06. The van der Waals surface area contributed by atoms with Gasteiger partial charge in [-0.15, -0.1) is 0 Å². The van der Waals surface area contributed by atoms with Crippen LogP contribution in [0.4, 0.5) is 11.4 Å². The van der Waals surface area contributed by atoms with Crippen molar-refractivity contribution >= 4 is 33.2 Å². The van der Waals surface area contributed by atoms with Gasteiger partial charge in [0.25, 0.3) is 5.91 Å². The summed E-state index contributed by atoms with van der Waals surface area (Å²) in [4.78, 5) is 15.2. The third-order valence-electron chi connectivity index (χ3n) is 4.50. The average Bonchev–Trinajstić information content (AvgIpc) is 2.63. The van der Waals surface area contributed by atoms with Crippen molar-refractivity contribution < 1.29 is 4.79 Å². The SMILES string of the molecule is Cc1ccccc1N1C(=O)c2ccccc2N[C@@H]1c1ccccc1Br. The molecule has 25 heavy (non-hydrogen) atoms. The van der Waals surface area contributed by atoms with Gasteiger partial charge in [-0.05, 0) is 36.8 Å². The lowest BCUT2D eigenvalue weighted by Gasteiger charge is -2.39. The zero-order valence-electron chi connectivity index (χ0n) is 13.7. The Labute approximate surface area is 155 Å². The summed E-state index contributed by atoms with van der Waals surface area (Å²) < 4.78 is 0.971. The number of hydrogen-bond acceptors (Lipinski definition) is 2. The molecule has 1 atom stereocenters. The van der Waals surface area contributed by atoms with E-state index in [1.807, 2.05) is 84.6 Å². The minimum Gasteiger partial charge on any atom is -0.360 e. The number of aryl methyl sites for hydroxylation is 1. The molecule has 0 fully saturated rings. The zero-order chi connectivity index (χ0) is 17.4. The monoisotopic (exact) mass is 392 g/mol. The fraction of sp³-hybridized carbons (Fsp3) is 0.0952. The Hall–Kier alpha value is -2.59. The van der Waals surface area contributed by atoms with E-state index in [4.69, 9.17) is 0 Å². The number of halogens is 1. The van der Waals surface area contributed by atoms with Gasteiger partial charge in [-0.25, -0.2) is 0 Å². The van der Waals surface area contributed by atoms with E-state index in [9.17, 15) is 4.79 Å². The number of fused-ring (bicyclic) bond motifs is 1. The highest BCUT2D eigenvalue weighted by Crippen LogP contribution is 2.39. The fourth-order valence-corrected chi connectivity index (χ4v) is 3.75. The van der Waals surface area contributed by atoms with Gasteiger partial charge in [0.15, 0.2) is 0 Å². The van der Waals surface area contributed by atoms with Crippen molar-refractivity contribution in [2.75, 3.05) is 10.2 Å². The van der Waals surface area contributed by atoms with Gasteiger partial charge in [0, 0.05) is 21.4 Å². The quantitative estimate of drug-likeness (QED) is 0.621. The van der Waals surface area contributed by atoms with Crippen LogP contribution < -0.4 is 10.2 Å². The van der Waals surface area contributed by atoms with Gasteiger partial charge in [0.2, 0.25) is 0 Å². The number of para-hydroxylation sites is 2. The zero-order valence-corrected chi connectivity index (χ0v) is 15.3. The van der Waals surface area contributed by atoms with Crippen molar-refractivity contribution in [3.05, 3.63) is 94.0 Å². The molecule has 3 aromatic carbocycles. The first-order chi connectivity index (χ1) is 12.2. The van der Waals surface area contributed by atoms with Gasteiger partial charge in [-0.2, -0.15) is 0 Å². The lowest BCUT2D eigenvalue weighted by atomic mass is 10.0. The topological polar surface area (TPSA) is 32.3 Å². The van der Waals surface area contributed by atoms with Crippen LogP contribution in [-0.2, 0) is 0 Å². The van der Waals surface area contributed by atoms with E-state index in [1.165, 1.54) is 0 Å². The summed E-state index contributed by atoms with van der Waals surface area (Å²) in [5, 5.41) is 3.54. The molecule has 1 aliphatic heterocycles. The third-order valence-corrected chi connectivity index (χ3v) is 5.22. The molecule has 0 unspecified atom stereocenters. The first-order valence-electron chi connectivity index (χ1n) is 8.16. The molecule has 0 aromatic heterocycles. The third kappa shape index (κ3) is 2.72. The van der Waals surface area contributed by atoms with Crippen LogP contribution in [0.1, 0.15) is 27.7 Å². The summed E-state index contributed by atoms with van der Waals surface area (Å²) in [5.41, 5.74) is 4.55. The Morgan fingerprint density at radius 1 is 0.920 bits per heavy atom. The maximum Gasteiger partial charge on any atom is 0.262 e. The fourth-order valence-electron chi connectivity index (χ4n) is 3.25. The highest BCUT2D eigenvalue weighted by molar-refractivity contribution is 9.10. The molecule has 0 bridgehead atoms.